The van der Waals surface area contributed by atoms with Crippen LogP contribution in [-0.4, -0.2) is 85.6 Å². The Morgan fingerprint density at radius 3 is 2.66 bits per heavy atom. The van der Waals surface area contributed by atoms with Crippen LogP contribution >= 0.6 is 11.6 Å². The summed E-state index contributed by atoms with van der Waals surface area (Å²) in [5.74, 6) is 1.20. The second-order valence-electron chi connectivity index (χ2n) is 9.94. The zero-order valence-corrected chi connectivity index (χ0v) is 23.8. The van der Waals surface area contributed by atoms with Gasteiger partial charge in [-0.15, -0.1) is 0 Å². The van der Waals surface area contributed by atoms with E-state index in [4.69, 9.17) is 16.3 Å². The molecule has 0 spiro atoms. The van der Waals surface area contributed by atoms with E-state index in [1.54, 1.807) is 32.4 Å². The first kappa shape index (κ1) is 28.3. The highest BCUT2D eigenvalue weighted by Gasteiger charge is 2.33. The van der Waals surface area contributed by atoms with E-state index >= 15 is 0 Å². The smallest absolute Gasteiger partial charge is 0.241 e. The van der Waals surface area contributed by atoms with Gasteiger partial charge in [-0.2, -0.15) is 4.98 Å². The molecule has 0 unspecified atom stereocenters. The van der Waals surface area contributed by atoms with Crippen molar-refractivity contribution in [1.82, 2.24) is 19.2 Å². The first-order valence-corrected chi connectivity index (χ1v) is 15.0. The number of likely N-dealkylation sites (tertiary alicyclic amines) is 1. The lowest BCUT2D eigenvalue weighted by Gasteiger charge is -2.37. The molecule has 2 heterocycles. The number of anilines is 4. The van der Waals surface area contributed by atoms with E-state index in [1.165, 1.54) is 16.8 Å². The Morgan fingerprint density at radius 2 is 1.97 bits per heavy atom. The fourth-order valence-corrected chi connectivity index (χ4v) is 6.03. The molecule has 0 bridgehead atoms. The van der Waals surface area contributed by atoms with Gasteiger partial charge in [0, 0.05) is 24.8 Å². The number of methoxy groups -OCH3 is 1. The average molecular weight is 566 g/mol. The van der Waals surface area contributed by atoms with Crippen molar-refractivity contribution in [3.05, 3.63) is 29.4 Å². The number of hydrogen-bond donors (Lipinski definition) is 3. The molecule has 3 atom stereocenters. The summed E-state index contributed by atoms with van der Waals surface area (Å²) in [5.41, 5.74) is 1.20. The molecule has 4 rings (SSSR count). The Labute approximate surface area is 229 Å². The molecule has 1 aromatic carbocycles. The number of likely N-dealkylation sites (N-methyl/N-ethyl adjacent to an activating group) is 2. The predicted octanol–water partition coefficient (Wildman–Crippen LogP) is 3.53. The molecule has 1 aromatic heterocycles. The molecule has 1 saturated carbocycles. The van der Waals surface area contributed by atoms with Crippen molar-refractivity contribution >= 4 is 50.7 Å². The Balaban J connectivity index is 1.52. The third-order valence-electron chi connectivity index (χ3n) is 7.32. The van der Waals surface area contributed by atoms with Crippen LogP contribution in [0.3, 0.4) is 0 Å². The molecular formula is C25H36ClN7O4S. The molecule has 2 aromatic rings. The summed E-state index contributed by atoms with van der Waals surface area (Å²) in [5, 5.41) is 9.84. The number of ether oxygens (including phenoxy) is 1. The third kappa shape index (κ3) is 6.66. The van der Waals surface area contributed by atoms with Crippen LogP contribution in [0.4, 0.5) is 23.1 Å². The van der Waals surface area contributed by atoms with Crippen molar-refractivity contribution in [2.24, 2.45) is 0 Å². The normalized spacial score (nSPS) is 22.3. The van der Waals surface area contributed by atoms with Crippen LogP contribution in [0.15, 0.2) is 24.4 Å². The van der Waals surface area contributed by atoms with Crippen LogP contribution in [0.1, 0.15) is 38.5 Å². The van der Waals surface area contributed by atoms with Crippen molar-refractivity contribution in [3.8, 4) is 5.75 Å². The largest absolute Gasteiger partial charge is 0.495 e. The zero-order chi connectivity index (χ0) is 27.4. The van der Waals surface area contributed by atoms with Crippen LogP contribution < -0.4 is 20.7 Å². The lowest BCUT2D eigenvalue weighted by atomic mass is 9.90. The summed E-state index contributed by atoms with van der Waals surface area (Å²) >= 11 is 6.43. The van der Waals surface area contributed by atoms with Crippen LogP contribution in [0, 0.1) is 0 Å². The molecule has 1 aliphatic heterocycles. The van der Waals surface area contributed by atoms with Gasteiger partial charge in [-0.3, -0.25) is 9.69 Å². The lowest BCUT2D eigenvalue weighted by Crippen LogP contribution is -2.49. The van der Waals surface area contributed by atoms with Crippen molar-refractivity contribution in [2.75, 3.05) is 50.0 Å². The van der Waals surface area contributed by atoms with Crippen LogP contribution in [-0.2, 0) is 14.8 Å². The number of hydrogen-bond acceptors (Lipinski definition) is 9. The number of benzene rings is 1. The van der Waals surface area contributed by atoms with E-state index in [0.717, 1.165) is 45.1 Å². The predicted molar refractivity (Wildman–Crippen MR) is 150 cm³/mol. The van der Waals surface area contributed by atoms with E-state index in [2.05, 4.69) is 30.8 Å². The van der Waals surface area contributed by atoms with Gasteiger partial charge < -0.3 is 20.7 Å². The monoisotopic (exact) mass is 565 g/mol. The molecule has 0 radical (unpaired) electrons. The van der Waals surface area contributed by atoms with Crippen molar-refractivity contribution < 1.29 is 17.9 Å². The first-order valence-electron chi connectivity index (χ1n) is 12.7. The molecule has 13 heteroatoms. The molecule has 208 valence electrons. The molecule has 1 saturated heterocycles. The number of carbonyl (C=O) groups excluding carboxylic acids is 1. The lowest BCUT2D eigenvalue weighted by molar-refractivity contribution is -0.119. The molecule has 2 aliphatic rings. The maximum absolute atomic E-state index is 12.8. The highest BCUT2D eigenvalue weighted by Crippen LogP contribution is 2.32. The number of sulfonamides is 1. The number of aromatic nitrogens is 2. The number of amides is 1. The van der Waals surface area contributed by atoms with Gasteiger partial charge >= 0.3 is 0 Å². The Hall–Kier alpha value is -2.67. The van der Waals surface area contributed by atoms with E-state index in [1.807, 2.05) is 7.05 Å². The van der Waals surface area contributed by atoms with E-state index < -0.39 is 10.0 Å². The zero-order valence-electron chi connectivity index (χ0n) is 22.2. The maximum atomic E-state index is 12.8. The van der Waals surface area contributed by atoms with Crippen LogP contribution in [0.25, 0.3) is 0 Å². The fourth-order valence-electron chi connectivity index (χ4n) is 5.14. The van der Waals surface area contributed by atoms with Gasteiger partial charge in [0.05, 0.1) is 31.3 Å². The molecule has 3 N–H and O–H groups in total. The maximum Gasteiger partial charge on any atom is 0.241 e. The summed E-state index contributed by atoms with van der Waals surface area (Å²) in [6.45, 7) is 0.907. The van der Waals surface area contributed by atoms with E-state index in [0.29, 0.717) is 28.0 Å². The minimum absolute atomic E-state index is 0.0450. The SMILES string of the molecule is COc1ccc(NC(=O)[C@@H]2CCCN2C)cc1Nc1ncc(Cl)c(N[C@@H]2CCCC[C@H]2N(C)S(C)(=O)=O)n1. The number of carbonyl (C=O) groups is 1. The second kappa shape index (κ2) is 12.0. The molecule has 1 amide bonds. The van der Waals surface area contributed by atoms with Gasteiger partial charge in [0.25, 0.3) is 0 Å². The number of rotatable bonds is 9. The Kier molecular flexibility index (Phi) is 8.96. The van der Waals surface area contributed by atoms with Gasteiger partial charge in [-0.1, -0.05) is 24.4 Å². The molecular weight excluding hydrogens is 530 g/mol. The molecule has 1 aliphatic carbocycles. The number of nitrogens with one attached hydrogen (secondary N) is 3. The minimum atomic E-state index is -3.35. The summed E-state index contributed by atoms with van der Waals surface area (Å²) in [4.78, 5) is 23.7. The van der Waals surface area contributed by atoms with Gasteiger partial charge in [0.1, 0.15) is 10.8 Å². The third-order valence-corrected chi connectivity index (χ3v) is 8.92. The topological polar surface area (TPSA) is 129 Å². The standard InChI is InChI=1S/C25H36ClN7O4S/c1-32-13-7-10-21(32)24(34)28-16-11-12-22(37-3)19(14-16)30-25-27-15-17(26)23(31-25)29-18-8-5-6-9-20(18)33(2)38(4,35)36/h11-12,14-15,18,20-21H,5-10,13H2,1-4H3,(H,28,34)(H2,27,29,30,31)/t18-,20-,21+/m1/s1. The van der Waals surface area contributed by atoms with Gasteiger partial charge in [0.2, 0.25) is 21.9 Å². The van der Waals surface area contributed by atoms with Crippen LogP contribution in [0.5, 0.6) is 5.75 Å². The van der Waals surface area contributed by atoms with E-state index in [-0.39, 0.29) is 30.0 Å². The Bertz CT molecular complexity index is 1260. The quantitative estimate of drug-likeness (QED) is 0.418. The fraction of sp³-hybridized carbons (Fsp3) is 0.560. The summed E-state index contributed by atoms with van der Waals surface area (Å²) in [7, 11) is 1.78. The van der Waals surface area contributed by atoms with Crippen molar-refractivity contribution in [1.29, 1.82) is 0 Å². The second-order valence-corrected chi connectivity index (χ2v) is 12.4. The summed E-state index contributed by atoms with van der Waals surface area (Å²) in [6.07, 6.45) is 8.02. The highest BCUT2D eigenvalue weighted by molar-refractivity contribution is 7.88. The summed E-state index contributed by atoms with van der Waals surface area (Å²) in [6, 6.07) is 4.82. The van der Waals surface area contributed by atoms with Gasteiger partial charge in [-0.05, 0) is 57.5 Å². The van der Waals surface area contributed by atoms with Crippen LogP contribution in [0.2, 0.25) is 5.02 Å². The molecule has 38 heavy (non-hydrogen) atoms. The van der Waals surface area contributed by atoms with E-state index in [9.17, 15) is 13.2 Å². The average Bonchev–Trinajstić information content (AvgIpc) is 3.31. The number of nitrogens with zero attached hydrogens (tertiary/aromatic N) is 4. The number of halogens is 1. The highest BCUT2D eigenvalue weighted by atomic mass is 35.5. The molecule has 11 nitrogen and oxygen atoms in total. The van der Waals surface area contributed by atoms with Crippen molar-refractivity contribution in [2.45, 2.75) is 56.7 Å². The summed E-state index contributed by atoms with van der Waals surface area (Å²) < 4.78 is 31.3. The van der Waals surface area contributed by atoms with Crippen molar-refractivity contribution in [3.63, 3.8) is 0 Å². The first-order chi connectivity index (χ1) is 18.1. The van der Waals surface area contributed by atoms with Gasteiger partial charge in [0.15, 0.2) is 5.82 Å². The minimum Gasteiger partial charge on any atom is -0.495 e. The van der Waals surface area contributed by atoms with Gasteiger partial charge in [-0.25, -0.2) is 17.7 Å². The molecule has 2 fully saturated rings. The Morgan fingerprint density at radius 1 is 1.21 bits per heavy atom.